The fraction of sp³-hybridized carbons (Fsp3) is 0.500. The zero-order chi connectivity index (χ0) is 15.2. The van der Waals surface area contributed by atoms with Gasteiger partial charge in [-0.2, -0.15) is 5.10 Å². The van der Waals surface area contributed by atoms with Crippen molar-refractivity contribution in [3.8, 4) is 0 Å². The third kappa shape index (κ3) is 3.89. The Kier molecular flexibility index (Phi) is 5.47. The fourth-order valence-corrected chi connectivity index (χ4v) is 2.60. The van der Waals surface area contributed by atoms with Gasteiger partial charge in [0.15, 0.2) is 0 Å². The standard InChI is InChI=1S/C16H25N5/c1-4-15(5-2)21-7-6-14(20-21)9-16(19-17)13-8-12(3)10-18-11-13/h6-8,10-11,15-16,19H,4-5,9,17H2,1-3H3. The summed E-state index contributed by atoms with van der Waals surface area (Å²) in [6.45, 7) is 6.42. The first kappa shape index (κ1) is 15.7. The summed E-state index contributed by atoms with van der Waals surface area (Å²) in [5.74, 6) is 5.71. The number of rotatable bonds is 7. The van der Waals surface area contributed by atoms with E-state index in [2.05, 4.69) is 52.4 Å². The molecular weight excluding hydrogens is 262 g/mol. The highest BCUT2D eigenvalue weighted by molar-refractivity contribution is 5.21. The van der Waals surface area contributed by atoms with Crippen LogP contribution in [0.15, 0.2) is 30.7 Å². The molecule has 1 unspecified atom stereocenters. The minimum Gasteiger partial charge on any atom is -0.271 e. The van der Waals surface area contributed by atoms with E-state index in [1.807, 2.05) is 19.3 Å². The summed E-state index contributed by atoms with van der Waals surface area (Å²) in [7, 11) is 0. The topological polar surface area (TPSA) is 68.8 Å². The van der Waals surface area contributed by atoms with Gasteiger partial charge < -0.3 is 0 Å². The second-order valence-corrected chi connectivity index (χ2v) is 5.48. The molecule has 2 aromatic rings. The van der Waals surface area contributed by atoms with Gasteiger partial charge in [0, 0.05) is 25.0 Å². The van der Waals surface area contributed by atoms with Gasteiger partial charge in [-0.05, 0) is 37.0 Å². The summed E-state index contributed by atoms with van der Waals surface area (Å²) in [5, 5.41) is 4.69. The molecule has 2 aromatic heterocycles. The van der Waals surface area contributed by atoms with Crippen LogP contribution < -0.4 is 11.3 Å². The first-order valence-corrected chi connectivity index (χ1v) is 7.59. The molecule has 0 amide bonds. The summed E-state index contributed by atoms with van der Waals surface area (Å²) < 4.78 is 2.07. The number of hydrazine groups is 1. The SMILES string of the molecule is CCC(CC)n1ccc(CC(NN)c2cncc(C)c2)n1. The lowest BCUT2D eigenvalue weighted by molar-refractivity contribution is 0.422. The average Bonchev–Trinajstić information content (AvgIpc) is 2.94. The largest absolute Gasteiger partial charge is 0.271 e. The third-order valence-corrected chi connectivity index (χ3v) is 3.89. The second-order valence-electron chi connectivity index (χ2n) is 5.48. The first-order valence-electron chi connectivity index (χ1n) is 7.59. The molecule has 1 atom stereocenters. The van der Waals surface area contributed by atoms with E-state index in [9.17, 15) is 0 Å². The van der Waals surface area contributed by atoms with Gasteiger partial charge in [0.2, 0.25) is 0 Å². The third-order valence-electron chi connectivity index (χ3n) is 3.89. The summed E-state index contributed by atoms with van der Waals surface area (Å²) >= 11 is 0. The lowest BCUT2D eigenvalue weighted by atomic mass is 10.0. The Morgan fingerprint density at radius 2 is 2.05 bits per heavy atom. The average molecular weight is 287 g/mol. The number of nitrogens with zero attached hydrogens (tertiary/aromatic N) is 3. The normalized spacial score (nSPS) is 12.8. The molecule has 5 nitrogen and oxygen atoms in total. The monoisotopic (exact) mass is 287 g/mol. The molecule has 0 saturated heterocycles. The fourth-order valence-electron chi connectivity index (χ4n) is 2.60. The van der Waals surface area contributed by atoms with E-state index in [4.69, 9.17) is 5.84 Å². The second kappa shape index (κ2) is 7.33. The van der Waals surface area contributed by atoms with E-state index in [0.717, 1.165) is 36.1 Å². The molecule has 5 heteroatoms. The molecule has 2 rings (SSSR count). The van der Waals surface area contributed by atoms with Gasteiger partial charge in [-0.15, -0.1) is 0 Å². The lowest BCUT2D eigenvalue weighted by Crippen LogP contribution is -2.30. The molecule has 0 spiro atoms. The minimum atomic E-state index is 0.0300. The van der Waals surface area contributed by atoms with Crippen LogP contribution in [0.3, 0.4) is 0 Å². The zero-order valence-electron chi connectivity index (χ0n) is 13.1. The molecule has 114 valence electrons. The molecule has 0 saturated carbocycles. The van der Waals surface area contributed by atoms with Gasteiger partial charge in [0.1, 0.15) is 0 Å². The molecule has 21 heavy (non-hydrogen) atoms. The van der Waals surface area contributed by atoms with Gasteiger partial charge in [-0.1, -0.05) is 19.9 Å². The van der Waals surface area contributed by atoms with Gasteiger partial charge >= 0.3 is 0 Å². The molecule has 0 aliphatic carbocycles. The summed E-state index contributed by atoms with van der Waals surface area (Å²) in [6, 6.07) is 4.69. The highest BCUT2D eigenvalue weighted by Gasteiger charge is 2.14. The van der Waals surface area contributed by atoms with E-state index in [0.29, 0.717) is 6.04 Å². The van der Waals surface area contributed by atoms with Gasteiger partial charge in [0.05, 0.1) is 17.8 Å². The Morgan fingerprint density at radius 3 is 2.67 bits per heavy atom. The number of pyridine rings is 1. The van der Waals surface area contributed by atoms with Crippen molar-refractivity contribution in [2.75, 3.05) is 0 Å². The molecule has 0 aliphatic heterocycles. The Balaban J connectivity index is 2.12. The number of aromatic nitrogens is 3. The minimum absolute atomic E-state index is 0.0300. The molecule has 2 heterocycles. The molecule has 0 bridgehead atoms. The van der Waals surface area contributed by atoms with E-state index in [1.165, 1.54) is 0 Å². The van der Waals surface area contributed by atoms with Gasteiger partial charge in [-0.25, -0.2) is 0 Å². The molecular formula is C16H25N5. The van der Waals surface area contributed by atoms with Gasteiger partial charge in [-0.3, -0.25) is 20.9 Å². The predicted molar refractivity (Wildman–Crippen MR) is 84.6 cm³/mol. The van der Waals surface area contributed by atoms with Crippen molar-refractivity contribution in [3.63, 3.8) is 0 Å². The maximum Gasteiger partial charge on any atom is 0.0644 e. The molecule has 0 radical (unpaired) electrons. The van der Waals surface area contributed by atoms with Crippen molar-refractivity contribution in [3.05, 3.63) is 47.5 Å². The van der Waals surface area contributed by atoms with E-state index in [-0.39, 0.29) is 6.04 Å². The van der Waals surface area contributed by atoms with Crippen molar-refractivity contribution in [1.82, 2.24) is 20.2 Å². The van der Waals surface area contributed by atoms with Crippen LogP contribution in [0, 0.1) is 6.92 Å². The maximum absolute atomic E-state index is 5.71. The molecule has 0 fully saturated rings. The number of hydrogen-bond acceptors (Lipinski definition) is 4. The Bertz CT molecular complexity index is 559. The van der Waals surface area contributed by atoms with Crippen molar-refractivity contribution >= 4 is 0 Å². The van der Waals surface area contributed by atoms with Crippen molar-refractivity contribution in [2.45, 2.75) is 52.1 Å². The number of nitrogens with one attached hydrogen (secondary N) is 1. The molecule has 0 aromatic carbocycles. The summed E-state index contributed by atoms with van der Waals surface area (Å²) in [5.41, 5.74) is 6.15. The van der Waals surface area contributed by atoms with E-state index in [1.54, 1.807) is 0 Å². The van der Waals surface area contributed by atoms with Crippen LogP contribution in [-0.4, -0.2) is 14.8 Å². The van der Waals surface area contributed by atoms with Crippen LogP contribution in [0.1, 0.15) is 55.6 Å². The number of aryl methyl sites for hydroxylation is 1. The van der Waals surface area contributed by atoms with Crippen LogP contribution in [0.2, 0.25) is 0 Å². The summed E-state index contributed by atoms with van der Waals surface area (Å²) in [4.78, 5) is 4.23. The maximum atomic E-state index is 5.71. The number of hydrogen-bond donors (Lipinski definition) is 2. The quantitative estimate of drug-likeness (QED) is 0.607. The van der Waals surface area contributed by atoms with E-state index < -0.39 is 0 Å². The molecule has 0 aliphatic rings. The highest BCUT2D eigenvalue weighted by Crippen LogP contribution is 2.19. The Labute approximate surface area is 126 Å². The van der Waals surface area contributed by atoms with E-state index >= 15 is 0 Å². The van der Waals surface area contributed by atoms with Crippen LogP contribution in [0.5, 0.6) is 0 Å². The van der Waals surface area contributed by atoms with Crippen LogP contribution in [-0.2, 0) is 6.42 Å². The Hall–Kier alpha value is -1.72. The predicted octanol–water partition coefficient (Wildman–Crippen LogP) is 2.69. The smallest absolute Gasteiger partial charge is 0.0644 e. The van der Waals surface area contributed by atoms with Gasteiger partial charge in [0.25, 0.3) is 0 Å². The van der Waals surface area contributed by atoms with Crippen molar-refractivity contribution in [1.29, 1.82) is 0 Å². The van der Waals surface area contributed by atoms with Crippen LogP contribution >= 0.6 is 0 Å². The lowest BCUT2D eigenvalue weighted by Gasteiger charge is -2.16. The first-order chi connectivity index (χ1) is 10.2. The zero-order valence-corrected chi connectivity index (χ0v) is 13.1. The van der Waals surface area contributed by atoms with Crippen LogP contribution in [0.25, 0.3) is 0 Å². The van der Waals surface area contributed by atoms with Crippen molar-refractivity contribution in [2.24, 2.45) is 5.84 Å². The highest BCUT2D eigenvalue weighted by atomic mass is 15.3. The Morgan fingerprint density at radius 1 is 1.29 bits per heavy atom. The number of nitrogens with two attached hydrogens (primary N) is 1. The molecule has 3 N–H and O–H groups in total. The summed E-state index contributed by atoms with van der Waals surface area (Å²) in [6.07, 6.45) is 8.72. The van der Waals surface area contributed by atoms with Crippen molar-refractivity contribution < 1.29 is 0 Å². The van der Waals surface area contributed by atoms with Crippen LogP contribution in [0.4, 0.5) is 0 Å².